The van der Waals surface area contributed by atoms with Crippen LogP contribution in [0.1, 0.15) is 6.42 Å². The van der Waals surface area contributed by atoms with E-state index in [0.29, 0.717) is 12.7 Å². The van der Waals surface area contributed by atoms with Crippen molar-refractivity contribution in [1.82, 2.24) is 0 Å². The Kier molecular flexibility index (Phi) is 1.06. The van der Waals surface area contributed by atoms with Gasteiger partial charge in [0.15, 0.2) is 0 Å². The van der Waals surface area contributed by atoms with Crippen LogP contribution in [0.3, 0.4) is 0 Å². The first-order valence-electron chi connectivity index (χ1n) is 3.29. The molecule has 0 aromatic heterocycles. The predicted octanol–water partition coefficient (Wildman–Crippen LogP) is -0.497. The van der Waals surface area contributed by atoms with Crippen molar-refractivity contribution in [3.05, 3.63) is 0 Å². The van der Waals surface area contributed by atoms with E-state index in [1.54, 1.807) is 0 Å². The summed E-state index contributed by atoms with van der Waals surface area (Å²) in [7, 11) is 0. The highest BCUT2D eigenvalue weighted by Gasteiger charge is 2.46. The molecule has 2 saturated heterocycles. The van der Waals surface area contributed by atoms with Gasteiger partial charge in [0.05, 0.1) is 18.8 Å². The Labute approximate surface area is 54.1 Å². The van der Waals surface area contributed by atoms with Crippen LogP contribution < -0.4 is 5.73 Å². The van der Waals surface area contributed by atoms with Crippen LogP contribution in [-0.4, -0.2) is 31.5 Å². The molecule has 2 fully saturated rings. The van der Waals surface area contributed by atoms with Crippen LogP contribution in [0.5, 0.6) is 0 Å². The van der Waals surface area contributed by atoms with E-state index in [-0.39, 0.29) is 5.54 Å². The largest absolute Gasteiger partial charge is 0.379 e. The Morgan fingerprint density at radius 3 is 2.78 bits per heavy atom. The first-order valence-corrected chi connectivity index (χ1v) is 3.29. The third kappa shape index (κ3) is 0.852. The van der Waals surface area contributed by atoms with Gasteiger partial charge in [0, 0.05) is 6.61 Å². The van der Waals surface area contributed by atoms with E-state index >= 15 is 0 Å². The number of ether oxygens (including phenoxy) is 2. The molecule has 52 valence electrons. The van der Waals surface area contributed by atoms with Crippen molar-refractivity contribution in [2.75, 3.05) is 19.8 Å². The number of hydrogen-bond acceptors (Lipinski definition) is 3. The summed E-state index contributed by atoms with van der Waals surface area (Å²) in [5.74, 6) is 0. The fourth-order valence-electron chi connectivity index (χ4n) is 1.23. The minimum absolute atomic E-state index is 0.139. The summed E-state index contributed by atoms with van der Waals surface area (Å²) in [6.45, 7) is 2.31. The van der Waals surface area contributed by atoms with Crippen molar-refractivity contribution in [3.63, 3.8) is 0 Å². The fraction of sp³-hybridized carbons (Fsp3) is 1.00. The highest BCUT2D eigenvalue weighted by Crippen LogP contribution is 2.29. The molecule has 9 heavy (non-hydrogen) atoms. The average Bonchev–Trinajstić information content (AvgIpc) is 2.60. The summed E-state index contributed by atoms with van der Waals surface area (Å²) >= 11 is 0. The molecule has 0 amide bonds. The molecule has 0 radical (unpaired) electrons. The first-order chi connectivity index (χ1) is 4.31. The lowest BCUT2D eigenvalue weighted by atomic mass is 9.97. The third-order valence-electron chi connectivity index (χ3n) is 2.06. The van der Waals surface area contributed by atoms with Gasteiger partial charge in [-0.05, 0) is 6.42 Å². The second-order valence-electron chi connectivity index (χ2n) is 2.86. The van der Waals surface area contributed by atoms with Crippen molar-refractivity contribution < 1.29 is 9.47 Å². The molecule has 3 nitrogen and oxygen atoms in total. The number of rotatable bonds is 1. The van der Waals surface area contributed by atoms with Crippen LogP contribution in [0.25, 0.3) is 0 Å². The molecule has 2 aliphatic heterocycles. The van der Waals surface area contributed by atoms with Crippen LogP contribution in [-0.2, 0) is 9.47 Å². The molecule has 0 spiro atoms. The van der Waals surface area contributed by atoms with E-state index < -0.39 is 0 Å². The number of hydrogen-bond donors (Lipinski definition) is 1. The van der Waals surface area contributed by atoms with Gasteiger partial charge in [0.25, 0.3) is 0 Å². The van der Waals surface area contributed by atoms with Crippen molar-refractivity contribution >= 4 is 0 Å². The summed E-state index contributed by atoms with van der Waals surface area (Å²) in [6, 6.07) is 0. The van der Waals surface area contributed by atoms with Gasteiger partial charge in [0.1, 0.15) is 6.10 Å². The number of nitrogens with two attached hydrogens (primary N) is 1. The standard InChI is InChI=1S/C6H11NO2/c7-6(5-3-9-5)1-2-8-4-6/h5H,1-4,7H2. The Hall–Kier alpha value is -0.120. The summed E-state index contributed by atoms with van der Waals surface area (Å²) < 4.78 is 10.2. The Morgan fingerprint density at radius 2 is 2.33 bits per heavy atom. The van der Waals surface area contributed by atoms with Gasteiger partial charge in [-0.15, -0.1) is 0 Å². The molecule has 0 saturated carbocycles. The molecule has 3 heteroatoms. The molecule has 2 heterocycles. The normalized spacial score (nSPS) is 49.7. The molecule has 2 rings (SSSR count). The van der Waals surface area contributed by atoms with Crippen LogP contribution in [0.4, 0.5) is 0 Å². The third-order valence-corrected chi connectivity index (χ3v) is 2.06. The van der Waals surface area contributed by atoms with Gasteiger partial charge < -0.3 is 15.2 Å². The minimum Gasteiger partial charge on any atom is -0.379 e. The topological polar surface area (TPSA) is 47.8 Å². The van der Waals surface area contributed by atoms with E-state index in [0.717, 1.165) is 19.6 Å². The highest BCUT2D eigenvalue weighted by molar-refractivity contribution is 5.00. The van der Waals surface area contributed by atoms with Crippen molar-refractivity contribution in [1.29, 1.82) is 0 Å². The summed E-state index contributed by atoms with van der Waals surface area (Å²) in [5.41, 5.74) is 5.78. The lowest BCUT2D eigenvalue weighted by Gasteiger charge is -2.17. The zero-order valence-electron chi connectivity index (χ0n) is 5.30. The van der Waals surface area contributed by atoms with E-state index in [9.17, 15) is 0 Å². The van der Waals surface area contributed by atoms with Gasteiger partial charge in [0.2, 0.25) is 0 Å². The van der Waals surface area contributed by atoms with Crippen molar-refractivity contribution in [2.24, 2.45) is 5.73 Å². The molecule has 0 aliphatic carbocycles. The molecular formula is C6H11NO2. The van der Waals surface area contributed by atoms with Gasteiger partial charge in [-0.2, -0.15) is 0 Å². The van der Waals surface area contributed by atoms with Gasteiger partial charge in [-0.3, -0.25) is 0 Å². The maximum absolute atomic E-state index is 5.91. The minimum atomic E-state index is -0.139. The first kappa shape index (κ1) is 5.65. The Bertz CT molecular complexity index is 116. The van der Waals surface area contributed by atoms with Gasteiger partial charge in [-0.1, -0.05) is 0 Å². The number of epoxide rings is 1. The monoisotopic (exact) mass is 129 g/mol. The summed E-state index contributed by atoms with van der Waals surface area (Å²) in [4.78, 5) is 0. The SMILES string of the molecule is NC1(C2CO2)CCOC1. The molecule has 2 aliphatic rings. The predicted molar refractivity (Wildman–Crippen MR) is 32.1 cm³/mol. The van der Waals surface area contributed by atoms with E-state index in [2.05, 4.69) is 0 Å². The van der Waals surface area contributed by atoms with Crippen LogP contribution in [0.15, 0.2) is 0 Å². The lowest BCUT2D eigenvalue weighted by molar-refractivity contribution is 0.166. The molecule has 2 unspecified atom stereocenters. The average molecular weight is 129 g/mol. The van der Waals surface area contributed by atoms with Gasteiger partial charge >= 0.3 is 0 Å². The van der Waals surface area contributed by atoms with E-state index in [1.807, 2.05) is 0 Å². The molecule has 0 aromatic rings. The molecular weight excluding hydrogens is 118 g/mol. The quantitative estimate of drug-likeness (QED) is 0.486. The smallest absolute Gasteiger partial charge is 0.101 e. The molecule has 0 bridgehead atoms. The molecule has 0 aromatic carbocycles. The van der Waals surface area contributed by atoms with E-state index in [4.69, 9.17) is 15.2 Å². The highest BCUT2D eigenvalue weighted by atomic mass is 16.6. The molecule has 2 atom stereocenters. The Morgan fingerprint density at radius 1 is 1.56 bits per heavy atom. The van der Waals surface area contributed by atoms with Crippen molar-refractivity contribution in [3.8, 4) is 0 Å². The Balaban J connectivity index is 2.02. The van der Waals surface area contributed by atoms with Gasteiger partial charge in [-0.25, -0.2) is 0 Å². The maximum atomic E-state index is 5.91. The zero-order chi connectivity index (χ0) is 6.32. The van der Waals surface area contributed by atoms with Crippen LogP contribution in [0.2, 0.25) is 0 Å². The second kappa shape index (κ2) is 1.68. The molecule has 2 N–H and O–H groups in total. The van der Waals surface area contributed by atoms with Crippen LogP contribution in [0, 0.1) is 0 Å². The van der Waals surface area contributed by atoms with E-state index in [1.165, 1.54) is 0 Å². The van der Waals surface area contributed by atoms with Crippen LogP contribution >= 0.6 is 0 Å². The fourth-order valence-corrected chi connectivity index (χ4v) is 1.23. The second-order valence-corrected chi connectivity index (χ2v) is 2.86. The van der Waals surface area contributed by atoms with Crippen molar-refractivity contribution in [2.45, 2.75) is 18.1 Å². The summed E-state index contributed by atoms with van der Waals surface area (Å²) in [5, 5.41) is 0. The maximum Gasteiger partial charge on any atom is 0.101 e. The summed E-state index contributed by atoms with van der Waals surface area (Å²) in [6.07, 6.45) is 1.25. The zero-order valence-corrected chi connectivity index (χ0v) is 5.30. The lowest BCUT2D eigenvalue weighted by Crippen LogP contribution is -2.45.